The fraction of sp³-hybridized carbons (Fsp3) is 0.562. The van der Waals surface area contributed by atoms with E-state index in [2.05, 4.69) is 25.7 Å². The van der Waals surface area contributed by atoms with Crippen LogP contribution in [-0.4, -0.2) is 35.6 Å². The molecule has 108 valence electrons. The Bertz CT molecular complexity index is 534. The van der Waals surface area contributed by atoms with Crippen molar-refractivity contribution < 1.29 is 9.90 Å². The van der Waals surface area contributed by atoms with Gasteiger partial charge in [-0.3, -0.25) is 4.79 Å². The summed E-state index contributed by atoms with van der Waals surface area (Å²) in [5, 5.41) is 10.7. The molecular weight excluding hydrogens is 270 g/mol. The number of aliphatic hydroxyl groups is 1. The van der Waals surface area contributed by atoms with E-state index in [0.29, 0.717) is 10.3 Å². The van der Waals surface area contributed by atoms with Crippen LogP contribution >= 0.6 is 11.3 Å². The molecule has 1 aliphatic heterocycles. The van der Waals surface area contributed by atoms with E-state index in [-0.39, 0.29) is 12.5 Å². The van der Waals surface area contributed by atoms with Crippen LogP contribution in [0.1, 0.15) is 48.3 Å². The van der Waals surface area contributed by atoms with Crippen molar-refractivity contribution in [2.24, 2.45) is 5.41 Å². The number of nitrogens with zero attached hydrogens (tertiary/aromatic N) is 1. The summed E-state index contributed by atoms with van der Waals surface area (Å²) in [6.07, 6.45) is 3.33. The highest BCUT2D eigenvalue weighted by Gasteiger charge is 2.37. The van der Waals surface area contributed by atoms with Crippen molar-refractivity contribution in [1.82, 2.24) is 4.90 Å². The molecule has 0 atom stereocenters. The van der Waals surface area contributed by atoms with Crippen molar-refractivity contribution in [3.05, 3.63) is 21.9 Å². The van der Waals surface area contributed by atoms with Gasteiger partial charge in [-0.15, -0.1) is 11.3 Å². The van der Waals surface area contributed by atoms with Gasteiger partial charge in [-0.1, -0.05) is 25.7 Å². The standard InChI is InChI=1S/C16H21NO2S/c1-3-16(4-2)8-9-17(12-16)15(19)14-13(6-5-10-18)7-11-20-14/h7,11,18H,3-4,8-10,12H2,1-2H3. The zero-order valence-corrected chi connectivity index (χ0v) is 12.9. The van der Waals surface area contributed by atoms with E-state index in [1.165, 1.54) is 11.3 Å². The van der Waals surface area contributed by atoms with Gasteiger partial charge in [0.2, 0.25) is 0 Å². The largest absolute Gasteiger partial charge is 0.384 e. The normalized spacial score (nSPS) is 16.9. The summed E-state index contributed by atoms with van der Waals surface area (Å²) in [6, 6.07) is 1.85. The third-order valence-electron chi connectivity index (χ3n) is 4.39. The maximum atomic E-state index is 12.6. The predicted molar refractivity (Wildman–Crippen MR) is 81.8 cm³/mol. The molecule has 2 heterocycles. The van der Waals surface area contributed by atoms with Crippen molar-refractivity contribution in [1.29, 1.82) is 0 Å². The van der Waals surface area contributed by atoms with Gasteiger partial charge in [0, 0.05) is 18.7 Å². The number of likely N-dealkylation sites (tertiary alicyclic amines) is 1. The predicted octanol–water partition coefficient (Wildman–Crippen LogP) is 2.74. The Morgan fingerprint density at radius 2 is 2.25 bits per heavy atom. The van der Waals surface area contributed by atoms with Crippen LogP contribution in [0.3, 0.4) is 0 Å². The van der Waals surface area contributed by atoms with Crippen LogP contribution in [0.25, 0.3) is 0 Å². The number of rotatable bonds is 3. The number of hydrogen-bond donors (Lipinski definition) is 1. The van der Waals surface area contributed by atoms with Gasteiger partial charge < -0.3 is 10.0 Å². The summed E-state index contributed by atoms with van der Waals surface area (Å²) in [6.45, 7) is 5.93. The van der Waals surface area contributed by atoms with E-state index >= 15 is 0 Å². The van der Waals surface area contributed by atoms with Crippen LogP contribution in [0.5, 0.6) is 0 Å². The molecule has 0 bridgehead atoms. The Morgan fingerprint density at radius 3 is 2.85 bits per heavy atom. The number of thiophene rings is 1. The molecule has 2 rings (SSSR count). The highest BCUT2D eigenvalue weighted by Crippen LogP contribution is 2.37. The molecule has 0 radical (unpaired) electrons. The molecule has 1 saturated heterocycles. The molecule has 1 aromatic rings. The van der Waals surface area contributed by atoms with Crippen molar-refractivity contribution >= 4 is 17.2 Å². The molecule has 4 heteroatoms. The summed E-state index contributed by atoms with van der Waals surface area (Å²) in [5.41, 5.74) is 1.03. The molecule has 0 saturated carbocycles. The Labute approximate surface area is 124 Å². The van der Waals surface area contributed by atoms with Crippen LogP contribution in [0.15, 0.2) is 11.4 Å². The van der Waals surface area contributed by atoms with Crippen LogP contribution in [-0.2, 0) is 0 Å². The highest BCUT2D eigenvalue weighted by molar-refractivity contribution is 7.12. The van der Waals surface area contributed by atoms with Gasteiger partial charge in [0.1, 0.15) is 11.5 Å². The van der Waals surface area contributed by atoms with Gasteiger partial charge in [0.15, 0.2) is 0 Å². The Hall–Kier alpha value is -1.31. The number of hydrogen-bond acceptors (Lipinski definition) is 3. The van der Waals surface area contributed by atoms with Crippen molar-refractivity contribution in [3.8, 4) is 11.8 Å². The van der Waals surface area contributed by atoms with Crippen LogP contribution in [0.4, 0.5) is 0 Å². The first-order valence-corrected chi connectivity index (χ1v) is 8.00. The quantitative estimate of drug-likeness (QED) is 0.870. The lowest BCUT2D eigenvalue weighted by molar-refractivity contribution is 0.0774. The lowest BCUT2D eigenvalue weighted by Gasteiger charge is -2.26. The lowest BCUT2D eigenvalue weighted by Crippen LogP contribution is -2.31. The van der Waals surface area contributed by atoms with E-state index < -0.39 is 0 Å². The Balaban J connectivity index is 2.15. The second-order valence-electron chi connectivity index (χ2n) is 5.31. The summed E-state index contributed by atoms with van der Waals surface area (Å²) >= 11 is 1.43. The molecular formula is C16H21NO2S. The number of amides is 1. The molecule has 1 amide bonds. The molecule has 1 aromatic heterocycles. The van der Waals surface area contributed by atoms with Gasteiger partial charge in [-0.25, -0.2) is 0 Å². The molecule has 0 aromatic carbocycles. The number of carbonyl (C=O) groups is 1. The van der Waals surface area contributed by atoms with Crippen molar-refractivity contribution in [2.75, 3.05) is 19.7 Å². The van der Waals surface area contributed by atoms with E-state index in [9.17, 15) is 4.79 Å². The molecule has 1 aliphatic rings. The minimum atomic E-state index is -0.179. The molecule has 1 fully saturated rings. The third-order valence-corrected chi connectivity index (χ3v) is 5.29. The summed E-state index contributed by atoms with van der Waals surface area (Å²) in [4.78, 5) is 15.3. The molecule has 0 unspecified atom stereocenters. The SMILES string of the molecule is CCC1(CC)CCN(C(=O)c2sccc2C#CCO)C1. The van der Waals surface area contributed by atoms with E-state index in [1.807, 2.05) is 16.3 Å². The van der Waals surface area contributed by atoms with Crippen molar-refractivity contribution in [2.45, 2.75) is 33.1 Å². The number of carbonyl (C=O) groups excluding carboxylic acids is 1. The molecule has 0 spiro atoms. The van der Waals surface area contributed by atoms with Crippen LogP contribution in [0, 0.1) is 17.3 Å². The zero-order chi connectivity index (χ0) is 14.6. The summed E-state index contributed by atoms with van der Waals surface area (Å²) < 4.78 is 0. The second-order valence-corrected chi connectivity index (χ2v) is 6.22. The minimum absolute atomic E-state index is 0.0889. The van der Waals surface area contributed by atoms with Crippen LogP contribution in [0.2, 0.25) is 0 Å². The Morgan fingerprint density at radius 1 is 1.50 bits per heavy atom. The fourth-order valence-electron chi connectivity index (χ4n) is 2.79. The topological polar surface area (TPSA) is 40.5 Å². The van der Waals surface area contributed by atoms with Crippen molar-refractivity contribution in [3.63, 3.8) is 0 Å². The third kappa shape index (κ3) is 2.89. The van der Waals surface area contributed by atoms with E-state index in [0.717, 1.165) is 37.9 Å². The lowest BCUT2D eigenvalue weighted by atomic mass is 9.82. The minimum Gasteiger partial charge on any atom is -0.384 e. The first-order valence-electron chi connectivity index (χ1n) is 7.12. The molecule has 1 N–H and O–H groups in total. The monoisotopic (exact) mass is 291 g/mol. The molecule has 20 heavy (non-hydrogen) atoms. The molecule has 3 nitrogen and oxygen atoms in total. The second kappa shape index (κ2) is 6.43. The zero-order valence-electron chi connectivity index (χ0n) is 12.1. The molecule has 0 aliphatic carbocycles. The van der Waals surface area contributed by atoms with Gasteiger partial charge in [-0.2, -0.15) is 0 Å². The van der Waals surface area contributed by atoms with Crippen LogP contribution < -0.4 is 0 Å². The average molecular weight is 291 g/mol. The first-order chi connectivity index (χ1) is 9.65. The average Bonchev–Trinajstić information content (AvgIpc) is 3.11. The van der Waals surface area contributed by atoms with Gasteiger partial charge in [0.25, 0.3) is 5.91 Å². The van der Waals surface area contributed by atoms with E-state index in [4.69, 9.17) is 5.11 Å². The fourth-order valence-corrected chi connectivity index (χ4v) is 3.60. The van der Waals surface area contributed by atoms with E-state index in [1.54, 1.807) is 0 Å². The smallest absolute Gasteiger partial charge is 0.265 e. The highest BCUT2D eigenvalue weighted by atomic mass is 32.1. The summed E-state index contributed by atoms with van der Waals surface area (Å²) in [5.74, 6) is 5.56. The van der Waals surface area contributed by atoms with Gasteiger partial charge in [0.05, 0.1) is 0 Å². The van der Waals surface area contributed by atoms with Gasteiger partial charge in [-0.05, 0) is 36.1 Å². The maximum absolute atomic E-state index is 12.6. The van der Waals surface area contributed by atoms with Gasteiger partial charge >= 0.3 is 0 Å². The summed E-state index contributed by atoms with van der Waals surface area (Å²) in [7, 11) is 0. The maximum Gasteiger partial charge on any atom is 0.265 e. The number of aliphatic hydroxyl groups excluding tert-OH is 1. The Kier molecular flexibility index (Phi) is 4.85. The first kappa shape index (κ1) is 15.1.